The number of nitrogens with zero attached hydrogens (tertiary/aromatic N) is 2. The topological polar surface area (TPSA) is 76.6 Å². The molecule has 3 rings (SSSR count). The van der Waals surface area contributed by atoms with E-state index in [4.69, 9.17) is 8.94 Å². The van der Waals surface area contributed by atoms with E-state index in [1.54, 1.807) is 19.1 Å². The minimum atomic E-state index is -3.59. The van der Waals surface area contributed by atoms with Crippen LogP contribution in [0.2, 0.25) is 0 Å². The molecule has 2 aromatic rings. The Bertz CT molecular complexity index is 732. The van der Waals surface area contributed by atoms with Crippen LogP contribution in [0.3, 0.4) is 0 Å². The average Bonchev–Trinajstić information content (AvgIpc) is 3.07. The number of hydrogen-bond donors (Lipinski definition) is 0. The zero-order chi connectivity index (χ0) is 15.0. The van der Waals surface area contributed by atoms with Gasteiger partial charge in [0, 0.05) is 18.7 Å². The van der Waals surface area contributed by atoms with E-state index in [1.807, 2.05) is 6.92 Å². The standard InChI is InChI=1S/C14H18N2O4S/c1-10-9-13(20-15-10)12-6-7-14(19-12)21(17,18)16-8-4-3-5-11(16)2/h6-7,9,11H,3-5,8H2,1-2H3/t11-/m1/s1. The van der Waals surface area contributed by atoms with Gasteiger partial charge in [-0.25, -0.2) is 8.42 Å². The summed E-state index contributed by atoms with van der Waals surface area (Å²) in [7, 11) is -3.59. The zero-order valence-electron chi connectivity index (χ0n) is 12.1. The smallest absolute Gasteiger partial charge is 0.276 e. The molecule has 6 nitrogen and oxygen atoms in total. The van der Waals surface area contributed by atoms with Gasteiger partial charge < -0.3 is 8.94 Å². The molecule has 3 heterocycles. The molecule has 0 bridgehead atoms. The number of hydrogen-bond acceptors (Lipinski definition) is 5. The first-order valence-electron chi connectivity index (χ1n) is 7.04. The van der Waals surface area contributed by atoms with Crippen molar-refractivity contribution in [1.29, 1.82) is 0 Å². The summed E-state index contributed by atoms with van der Waals surface area (Å²) in [6.45, 7) is 4.27. The first-order chi connectivity index (χ1) is 9.98. The van der Waals surface area contributed by atoms with Crippen molar-refractivity contribution >= 4 is 10.0 Å². The van der Waals surface area contributed by atoms with Crippen LogP contribution < -0.4 is 0 Å². The predicted molar refractivity (Wildman–Crippen MR) is 76.1 cm³/mol. The molecular formula is C14H18N2O4S. The molecule has 0 aliphatic carbocycles. The Balaban J connectivity index is 1.91. The van der Waals surface area contributed by atoms with Crippen molar-refractivity contribution in [3.05, 3.63) is 23.9 Å². The lowest BCUT2D eigenvalue weighted by Crippen LogP contribution is -2.41. The van der Waals surface area contributed by atoms with Crippen molar-refractivity contribution < 1.29 is 17.4 Å². The van der Waals surface area contributed by atoms with Crippen LogP contribution in [0.1, 0.15) is 31.9 Å². The molecule has 1 fully saturated rings. The van der Waals surface area contributed by atoms with Crippen molar-refractivity contribution in [1.82, 2.24) is 9.46 Å². The van der Waals surface area contributed by atoms with E-state index < -0.39 is 10.0 Å². The summed E-state index contributed by atoms with van der Waals surface area (Å²) in [4.78, 5) is 0. The minimum Gasteiger partial charge on any atom is -0.440 e. The van der Waals surface area contributed by atoms with Gasteiger partial charge in [0.25, 0.3) is 10.0 Å². The fourth-order valence-electron chi connectivity index (χ4n) is 2.62. The van der Waals surface area contributed by atoms with E-state index in [-0.39, 0.29) is 11.1 Å². The normalized spacial score (nSPS) is 20.8. The minimum absolute atomic E-state index is 0.00447. The summed E-state index contributed by atoms with van der Waals surface area (Å²) >= 11 is 0. The van der Waals surface area contributed by atoms with E-state index in [9.17, 15) is 8.42 Å². The third-order valence-corrected chi connectivity index (χ3v) is 5.64. The summed E-state index contributed by atoms with van der Waals surface area (Å²) in [5, 5.41) is 3.73. The average molecular weight is 310 g/mol. The Morgan fingerprint density at radius 3 is 2.76 bits per heavy atom. The van der Waals surface area contributed by atoms with Gasteiger partial charge in [-0.1, -0.05) is 11.6 Å². The molecule has 1 saturated heterocycles. The van der Waals surface area contributed by atoms with Gasteiger partial charge in [0.1, 0.15) is 0 Å². The van der Waals surface area contributed by atoms with E-state index in [2.05, 4.69) is 5.16 Å². The quantitative estimate of drug-likeness (QED) is 0.871. The Labute approximate surface area is 123 Å². The third kappa shape index (κ3) is 2.63. The molecule has 0 N–H and O–H groups in total. The first-order valence-corrected chi connectivity index (χ1v) is 8.48. The van der Waals surface area contributed by atoms with Crippen molar-refractivity contribution in [3.63, 3.8) is 0 Å². The number of aryl methyl sites for hydroxylation is 1. The third-order valence-electron chi connectivity index (χ3n) is 3.76. The Morgan fingerprint density at radius 2 is 2.10 bits per heavy atom. The van der Waals surface area contributed by atoms with Gasteiger partial charge in [-0.05, 0) is 38.8 Å². The highest BCUT2D eigenvalue weighted by atomic mass is 32.2. The second-order valence-electron chi connectivity index (χ2n) is 5.41. The summed E-state index contributed by atoms with van der Waals surface area (Å²) in [5.41, 5.74) is 0.718. The maximum atomic E-state index is 12.6. The highest BCUT2D eigenvalue weighted by Gasteiger charge is 2.33. The summed E-state index contributed by atoms with van der Waals surface area (Å²) < 4.78 is 37.4. The van der Waals surface area contributed by atoms with Crippen LogP contribution >= 0.6 is 0 Å². The van der Waals surface area contributed by atoms with Crippen LogP contribution in [0, 0.1) is 6.92 Å². The summed E-state index contributed by atoms with van der Waals surface area (Å²) in [6, 6.07) is 4.79. The van der Waals surface area contributed by atoms with Gasteiger partial charge in [-0.3, -0.25) is 0 Å². The first kappa shape index (κ1) is 14.3. The summed E-state index contributed by atoms with van der Waals surface area (Å²) in [6.07, 6.45) is 2.83. The van der Waals surface area contributed by atoms with E-state index in [1.165, 1.54) is 10.4 Å². The molecule has 21 heavy (non-hydrogen) atoms. The van der Waals surface area contributed by atoms with Crippen LogP contribution in [-0.4, -0.2) is 30.5 Å². The lowest BCUT2D eigenvalue weighted by Gasteiger charge is -2.31. The van der Waals surface area contributed by atoms with E-state index in [0.29, 0.717) is 18.1 Å². The number of furan rings is 1. The molecule has 0 aromatic carbocycles. The monoisotopic (exact) mass is 310 g/mol. The van der Waals surface area contributed by atoms with E-state index >= 15 is 0 Å². The second kappa shape index (κ2) is 5.31. The predicted octanol–water partition coefficient (Wildman–Crippen LogP) is 2.81. The zero-order valence-corrected chi connectivity index (χ0v) is 12.9. The molecule has 0 unspecified atom stereocenters. The molecule has 114 valence electrons. The molecule has 1 aliphatic heterocycles. The van der Waals surface area contributed by atoms with Gasteiger partial charge in [0.05, 0.1) is 5.69 Å². The number of piperidine rings is 1. The van der Waals surface area contributed by atoms with Crippen molar-refractivity contribution in [2.24, 2.45) is 0 Å². The lowest BCUT2D eigenvalue weighted by molar-refractivity contribution is 0.262. The molecule has 0 radical (unpaired) electrons. The van der Waals surface area contributed by atoms with Gasteiger partial charge in [-0.15, -0.1) is 0 Å². The van der Waals surface area contributed by atoms with Gasteiger partial charge in [-0.2, -0.15) is 4.31 Å². The lowest BCUT2D eigenvalue weighted by atomic mass is 10.1. The molecule has 1 aliphatic rings. The molecule has 1 atom stereocenters. The second-order valence-corrected chi connectivity index (χ2v) is 7.23. The fourth-order valence-corrected chi connectivity index (χ4v) is 4.23. The van der Waals surface area contributed by atoms with Crippen molar-refractivity contribution in [2.75, 3.05) is 6.54 Å². The largest absolute Gasteiger partial charge is 0.440 e. The van der Waals surface area contributed by atoms with Crippen molar-refractivity contribution in [3.8, 4) is 11.5 Å². The summed E-state index contributed by atoms with van der Waals surface area (Å²) in [5.74, 6) is 0.805. The van der Waals surface area contributed by atoms with Crippen LogP contribution in [-0.2, 0) is 10.0 Å². The van der Waals surface area contributed by atoms with Crippen LogP contribution in [0.5, 0.6) is 0 Å². The maximum Gasteiger partial charge on any atom is 0.276 e. The molecule has 0 saturated carbocycles. The van der Waals surface area contributed by atoms with E-state index in [0.717, 1.165) is 25.0 Å². The molecule has 0 amide bonds. The molecule has 0 spiro atoms. The highest BCUT2D eigenvalue weighted by molar-refractivity contribution is 7.89. The molecular weight excluding hydrogens is 292 g/mol. The van der Waals surface area contributed by atoms with Crippen LogP contribution in [0.15, 0.2) is 32.2 Å². The number of rotatable bonds is 3. The number of aromatic nitrogens is 1. The Kier molecular flexibility index (Phi) is 3.62. The van der Waals surface area contributed by atoms with Gasteiger partial charge in [0.2, 0.25) is 10.9 Å². The Hall–Kier alpha value is -1.60. The highest BCUT2D eigenvalue weighted by Crippen LogP contribution is 2.29. The van der Waals surface area contributed by atoms with Gasteiger partial charge in [0.15, 0.2) is 5.76 Å². The SMILES string of the molecule is Cc1cc(-c2ccc(S(=O)(=O)N3CCCC[C@H]3C)o2)on1. The Morgan fingerprint density at radius 1 is 1.29 bits per heavy atom. The maximum absolute atomic E-state index is 12.6. The fraction of sp³-hybridized carbons (Fsp3) is 0.500. The van der Waals surface area contributed by atoms with Crippen LogP contribution in [0.4, 0.5) is 0 Å². The number of sulfonamides is 1. The van der Waals surface area contributed by atoms with Crippen LogP contribution in [0.25, 0.3) is 11.5 Å². The van der Waals surface area contributed by atoms with Gasteiger partial charge >= 0.3 is 0 Å². The molecule has 7 heteroatoms. The van der Waals surface area contributed by atoms with Crippen molar-refractivity contribution in [2.45, 2.75) is 44.2 Å². The molecule has 2 aromatic heterocycles.